The van der Waals surface area contributed by atoms with E-state index in [0.29, 0.717) is 23.6 Å². The van der Waals surface area contributed by atoms with Crippen LogP contribution in [0.1, 0.15) is 58.6 Å². The molecule has 2 atom stereocenters. The SMILES string of the molecule is CC.CC.Nc1ccc(/C=C/C2CCC(n3ccc4c(N)ncnc43)C2)cn1. The third kappa shape index (κ3) is 4.88. The van der Waals surface area contributed by atoms with Crippen LogP contribution in [0.15, 0.2) is 43.0 Å². The Morgan fingerprint density at radius 2 is 1.79 bits per heavy atom. The van der Waals surface area contributed by atoms with Gasteiger partial charge in [-0.1, -0.05) is 39.8 Å². The fourth-order valence-electron chi connectivity index (χ4n) is 3.47. The summed E-state index contributed by atoms with van der Waals surface area (Å²) in [6, 6.07) is 6.28. The molecule has 28 heavy (non-hydrogen) atoms. The summed E-state index contributed by atoms with van der Waals surface area (Å²) in [5.74, 6) is 1.65. The van der Waals surface area contributed by atoms with Gasteiger partial charge in [0.05, 0.1) is 5.39 Å². The second-order valence-electron chi connectivity index (χ2n) is 6.32. The van der Waals surface area contributed by atoms with E-state index in [1.165, 1.54) is 12.7 Å². The molecule has 6 heteroatoms. The lowest BCUT2D eigenvalue weighted by atomic mass is 10.1. The maximum absolute atomic E-state index is 5.93. The zero-order chi connectivity index (χ0) is 20.5. The van der Waals surface area contributed by atoms with Gasteiger partial charge in [-0.3, -0.25) is 0 Å². The van der Waals surface area contributed by atoms with Gasteiger partial charge in [0.25, 0.3) is 0 Å². The van der Waals surface area contributed by atoms with E-state index in [0.717, 1.165) is 29.4 Å². The number of anilines is 2. The average Bonchev–Trinajstić information content (AvgIpc) is 3.38. The highest BCUT2D eigenvalue weighted by Crippen LogP contribution is 2.37. The van der Waals surface area contributed by atoms with E-state index in [1.54, 1.807) is 6.20 Å². The van der Waals surface area contributed by atoms with Crippen molar-refractivity contribution in [3.8, 4) is 0 Å². The van der Waals surface area contributed by atoms with E-state index in [4.69, 9.17) is 11.5 Å². The van der Waals surface area contributed by atoms with E-state index < -0.39 is 0 Å². The number of nitrogens with zero attached hydrogens (tertiary/aromatic N) is 4. The predicted molar refractivity (Wildman–Crippen MR) is 119 cm³/mol. The zero-order valence-corrected chi connectivity index (χ0v) is 17.3. The Morgan fingerprint density at radius 3 is 2.50 bits per heavy atom. The van der Waals surface area contributed by atoms with E-state index in [9.17, 15) is 0 Å². The van der Waals surface area contributed by atoms with Crippen LogP contribution in [0.4, 0.5) is 11.6 Å². The molecule has 4 rings (SSSR count). The molecule has 6 nitrogen and oxygen atoms in total. The Bertz CT molecular complexity index is 882. The van der Waals surface area contributed by atoms with Crippen LogP contribution in [0.25, 0.3) is 17.1 Å². The molecule has 0 aromatic carbocycles. The molecule has 0 spiro atoms. The molecule has 2 unspecified atom stereocenters. The maximum atomic E-state index is 5.93. The van der Waals surface area contributed by atoms with Crippen LogP contribution in [-0.2, 0) is 0 Å². The van der Waals surface area contributed by atoms with Crippen molar-refractivity contribution >= 4 is 28.7 Å². The molecule has 0 aliphatic heterocycles. The number of hydrogen-bond donors (Lipinski definition) is 2. The van der Waals surface area contributed by atoms with Gasteiger partial charge in [0.15, 0.2) is 0 Å². The molecule has 0 radical (unpaired) electrons. The van der Waals surface area contributed by atoms with Gasteiger partial charge >= 0.3 is 0 Å². The minimum atomic E-state index is 0.455. The first kappa shape index (κ1) is 21.4. The van der Waals surface area contributed by atoms with Crippen molar-refractivity contribution in [3.05, 3.63) is 48.6 Å². The summed E-state index contributed by atoms with van der Waals surface area (Å²) < 4.78 is 2.24. The van der Waals surface area contributed by atoms with Gasteiger partial charge in [0.1, 0.15) is 23.6 Å². The quantitative estimate of drug-likeness (QED) is 0.659. The van der Waals surface area contributed by atoms with Crippen molar-refractivity contribution in [2.75, 3.05) is 11.5 Å². The molecule has 3 heterocycles. The van der Waals surface area contributed by atoms with Crippen molar-refractivity contribution in [1.82, 2.24) is 19.5 Å². The van der Waals surface area contributed by atoms with E-state index in [1.807, 2.05) is 45.9 Å². The molecule has 1 fully saturated rings. The van der Waals surface area contributed by atoms with Crippen LogP contribution in [0.5, 0.6) is 0 Å². The van der Waals surface area contributed by atoms with Gasteiger partial charge in [-0.25, -0.2) is 15.0 Å². The monoisotopic (exact) mass is 380 g/mol. The maximum Gasteiger partial charge on any atom is 0.145 e. The van der Waals surface area contributed by atoms with Crippen molar-refractivity contribution in [2.45, 2.75) is 53.0 Å². The Hall–Kier alpha value is -2.89. The standard InChI is InChI=1S/C18H20N6.2C2H6/c19-16-6-4-13(10-21-16)2-1-12-3-5-14(9-12)24-8-7-15-17(20)22-11-23-18(15)24;2*1-2/h1-2,4,6-8,10-12,14H,3,5,9H2,(H2,19,21)(H2,20,22,23);2*1-2H3/b2-1+;;. The summed E-state index contributed by atoms with van der Waals surface area (Å²) in [6.45, 7) is 8.00. The van der Waals surface area contributed by atoms with Crippen molar-refractivity contribution in [1.29, 1.82) is 0 Å². The third-order valence-electron chi connectivity index (χ3n) is 4.75. The van der Waals surface area contributed by atoms with E-state index in [-0.39, 0.29) is 0 Å². The first-order valence-corrected chi connectivity index (χ1v) is 10.2. The van der Waals surface area contributed by atoms with Crippen LogP contribution >= 0.6 is 0 Å². The number of nitrogens with two attached hydrogens (primary N) is 2. The molecule has 3 aromatic rings. The average molecular weight is 381 g/mol. The number of nitrogen functional groups attached to an aromatic ring is 2. The highest BCUT2D eigenvalue weighted by atomic mass is 15.1. The van der Waals surface area contributed by atoms with Gasteiger partial charge in [-0.15, -0.1) is 0 Å². The smallest absolute Gasteiger partial charge is 0.145 e. The van der Waals surface area contributed by atoms with Crippen molar-refractivity contribution in [2.24, 2.45) is 5.92 Å². The summed E-state index contributed by atoms with van der Waals surface area (Å²) in [4.78, 5) is 12.6. The normalized spacial score (nSPS) is 18.4. The number of pyridine rings is 1. The van der Waals surface area contributed by atoms with Gasteiger partial charge in [0.2, 0.25) is 0 Å². The lowest BCUT2D eigenvalue weighted by Crippen LogP contribution is -2.05. The first-order valence-electron chi connectivity index (χ1n) is 10.2. The van der Waals surface area contributed by atoms with Crippen LogP contribution < -0.4 is 11.5 Å². The highest BCUT2D eigenvalue weighted by molar-refractivity contribution is 5.86. The number of fused-ring (bicyclic) bond motifs is 1. The molecular formula is C22H32N6. The first-order chi connectivity index (χ1) is 13.7. The van der Waals surface area contributed by atoms with Gasteiger partial charge in [-0.2, -0.15) is 0 Å². The summed E-state index contributed by atoms with van der Waals surface area (Å²) in [5.41, 5.74) is 13.6. The number of aromatic nitrogens is 4. The third-order valence-corrected chi connectivity index (χ3v) is 4.75. The minimum absolute atomic E-state index is 0.455. The van der Waals surface area contributed by atoms with Crippen molar-refractivity contribution in [3.63, 3.8) is 0 Å². The second-order valence-corrected chi connectivity index (χ2v) is 6.32. The second kappa shape index (κ2) is 10.4. The van der Waals surface area contributed by atoms with Crippen LogP contribution in [0.3, 0.4) is 0 Å². The predicted octanol–water partition coefficient (Wildman–Crippen LogP) is 5.10. The molecule has 0 bridgehead atoms. The van der Waals surface area contributed by atoms with Gasteiger partial charge in [-0.05, 0) is 48.9 Å². The lowest BCUT2D eigenvalue weighted by Gasteiger charge is -2.13. The molecule has 1 aliphatic rings. The topological polar surface area (TPSA) is 95.6 Å². The molecule has 3 aromatic heterocycles. The minimum Gasteiger partial charge on any atom is -0.384 e. The summed E-state index contributed by atoms with van der Waals surface area (Å²) >= 11 is 0. The van der Waals surface area contributed by atoms with E-state index in [2.05, 4.69) is 37.9 Å². The molecule has 0 amide bonds. The molecule has 1 aliphatic carbocycles. The number of rotatable bonds is 3. The largest absolute Gasteiger partial charge is 0.384 e. The Morgan fingerprint density at radius 1 is 1.00 bits per heavy atom. The molecule has 4 N–H and O–H groups in total. The summed E-state index contributed by atoms with van der Waals surface area (Å²) in [5, 5.41) is 0.935. The molecular weight excluding hydrogens is 348 g/mol. The fraction of sp³-hybridized carbons (Fsp3) is 0.409. The van der Waals surface area contributed by atoms with Crippen LogP contribution in [0, 0.1) is 5.92 Å². The van der Waals surface area contributed by atoms with Gasteiger partial charge < -0.3 is 16.0 Å². The molecule has 150 valence electrons. The Balaban J connectivity index is 0.000000660. The summed E-state index contributed by atoms with van der Waals surface area (Å²) in [7, 11) is 0. The molecule has 0 saturated heterocycles. The fourth-order valence-corrected chi connectivity index (χ4v) is 3.47. The van der Waals surface area contributed by atoms with Crippen LogP contribution in [-0.4, -0.2) is 19.5 Å². The lowest BCUT2D eigenvalue weighted by molar-refractivity contribution is 0.518. The van der Waals surface area contributed by atoms with Gasteiger partial charge in [0, 0.05) is 18.4 Å². The van der Waals surface area contributed by atoms with E-state index >= 15 is 0 Å². The highest BCUT2D eigenvalue weighted by Gasteiger charge is 2.25. The van der Waals surface area contributed by atoms with Crippen molar-refractivity contribution < 1.29 is 0 Å². The Kier molecular flexibility index (Phi) is 7.99. The van der Waals surface area contributed by atoms with Crippen LogP contribution in [0.2, 0.25) is 0 Å². The zero-order valence-electron chi connectivity index (χ0n) is 17.3. The summed E-state index contributed by atoms with van der Waals surface area (Å²) in [6.07, 6.45) is 13.2. The molecule has 1 saturated carbocycles. The number of allylic oxidation sites excluding steroid dienone is 1. The Labute approximate surface area is 167 Å². The number of hydrogen-bond acceptors (Lipinski definition) is 5.